The van der Waals surface area contributed by atoms with E-state index in [-0.39, 0.29) is 13.0 Å². The first-order chi connectivity index (χ1) is 6.04. The number of hydrogen-bond acceptors (Lipinski definition) is 5. The van der Waals surface area contributed by atoms with Crippen molar-refractivity contribution in [2.24, 2.45) is 5.92 Å². The third-order valence-electron chi connectivity index (χ3n) is 2.05. The first-order valence-corrected chi connectivity index (χ1v) is 4.22. The molecule has 0 bridgehead atoms. The van der Waals surface area contributed by atoms with E-state index in [1.807, 2.05) is 0 Å². The maximum atomic E-state index is 9.42. The van der Waals surface area contributed by atoms with Crippen LogP contribution in [0.25, 0.3) is 0 Å². The fourth-order valence-corrected chi connectivity index (χ4v) is 1.04. The van der Waals surface area contributed by atoms with Gasteiger partial charge >= 0.3 is 0 Å². The Labute approximate surface area is 77.6 Å². The number of aliphatic hydroxyl groups excluding tert-OH is 4. The van der Waals surface area contributed by atoms with Crippen LogP contribution in [-0.4, -0.2) is 52.6 Å². The monoisotopic (exact) mass is 194 g/mol. The summed E-state index contributed by atoms with van der Waals surface area (Å²) in [5, 5.41) is 36.3. The van der Waals surface area contributed by atoms with E-state index < -0.39 is 24.4 Å². The summed E-state index contributed by atoms with van der Waals surface area (Å²) in [5.41, 5.74) is 0. The van der Waals surface area contributed by atoms with E-state index in [9.17, 15) is 10.2 Å². The van der Waals surface area contributed by atoms with Gasteiger partial charge in [0.2, 0.25) is 0 Å². The molecule has 0 heterocycles. The zero-order valence-electron chi connectivity index (χ0n) is 7.92. The number of hydrogen-bond donors (Lipinski definition) is 4. The van der Waals surface area contributed by atoms with E-state index in [0.717, 1.165) is 0 Å². The summed E-state index contributed by atoms with van der Waals surface area (Å²) in [4.78, 5) is 0. The predicted molar refractivity (Wildman–Crippen MR) is 45.9 cm³/mol. The second kappa shape index (κ2) is 6.28. The Balaban J connectivity index is 3.99. The molecule has 13 heavy (non-hydrogen) atoms. The number of rotatable bonds is 6. The lowest BCUT2D eigenvalue weighted by atomic mass is 9.97. The standard InChI is InChI=1S/C8H18O5/c1-5(8(12)13-2)7(11)6(10)3-4-9/h5-12H,3-4H2,1-2H3/t5?,6-,7-,8-/m1/s1. The van der Waals surface area contributed by atoms with E-state index in [1.54, 1.807) is 6.92 Å². The van der Waals surface area contributed by atoms with E-state index in [0.29, 0.717) is 0 Å². The molecule has 0 fully saturated rings. The highest BCUT2D eigenvalue weighted by atomic mass is 16.6. The average molecular weight is 194 g/mol. The smallest absolute Gasteiger partial charge is 0.159 e. The normalized spacial score (nSPS) is 20.8. The third kappa shape index (κ3) is 4.02. The van der Waals surface area contributed by atoms with Crippen LogP contribution in [0.4, 0.5) is 0 Å². The molecule has 0 spiro atoms. The minimum absolute atomic E-state index is 0.0853. The Morgan fingerprint density at radius 1 is 1.23 bits per heavy atom. The van der Waals surface area contributed by atoms with Gasteiger partial charge in [-0.05, 0) is 6.42 Å². The molecule has 80 valence electrons. The SMILES string of the molecule is CO[C@@H](O)C(C)[C@@H](O)[C@H](O)CCO. The van der Waals surface area contributed by atoms with Crippen LogP contribution in [0.5, 0.6) is 0 Å². The second-order valence-corrected chi connectivity index (χ2v) is 3.06. The first kappa shape index (κ1) is 12.8. The van der Waals surface area contributed by atoms with Gasteiger partial charge in [-0.1, -0.05) is 6.92 Å². The molecule has 1 unspecified atom stereocenters. The highest BCUT2D eigenvalue weighted by molar-refractivity contribution is 4.74. The quantitative estimate of drug-likeness (QED) is 0.394. The van der Waals surface area contributed by atoms with Crippen molar-refractivity contribution >= 4 is 0 Å². The summed E-state index contributed by atoms with van der Waals surface area (Å²) in [7, 11) is 1.31. The summed E-state index contributed by atoms with van der Waals surface area (Å²) in [6, 6.07) is 0. The minimum atomic E-state index is -1.11. The molecular weight excluding hydrogens is 176 g/mol. The summed E-state index contributed by atoms with van der Waals surface area (Å²) >= 11 is 0. The van der Waals surface area contributed by atoms with Crippen molar-refractivity contribution in [3.05, 3.63) is 0 Å². The van der Waals surface area contributed by atoms with Crippen molar-refractivity contribution < 1.29 is 25.2 Å². The van der Waals surface area contributed by atoms with E-state index in [4.69, 9.17) is 10.2 Å². The van der Waals surface area contributed by atoms with Crippen LogP contribution >= 0.6 is 0 Å². The van der Waals surface area contributed by atoms with Gasteiger partial charge in [-0.25, -0.2) is 0 Å². The van der Waals surface area contributed by atoms with Gasteiger partial charge in [0.15, 0.2) is 6.29 Å². The lowest BCUT2D eigenvalue weighted by molar-refractivity contribution is -0.154. The number of methoxy groups -OCH3 is 1. The van der Waals surface area contributed by atoms with Crippen LogP contribution in [0.1, 0.15) is 13.3 Å². The molecule has 0 amide bonds. The van der Waals surface area contributed by atoms with Crippen LogP contribution in [-0.2, 0) is 4.74 Å². The van der Waals surface area contributed by atoms with Gasteiger partial charge in [0.05, 0.1) is 12.2 Å². The Morgan fingerprint density at radius 2 is 1.77 bits per heavy atom. The van der Waals surface area contributed by atoms with Gasteiger partial charge in [-0.2, -0.15) is 0 Å². The van der Waals surface area contributed by atoms with Crippen LogP contribution in [0, 0.1) is 5.92 Å². The van der Waals surface area contributed by atoms with E-state index in [2.05, 4.69) is 4.74 Å². The van der Waals surface area contributed by atoms with Crippen molar-refractivity contribution in [1.29, 1.82) is 0 Å². The Hall–Kier alpha value is -0.200. The molecule has 0 aliphatic heterocycles. The Morgan fingerprint density at radius 3 is 2.15 bits per heavy atom. The van der Waals surface area contributed by atoms with Gasteiger partial charge in [0, 0.05) is 19.6 Å². The molecule has 0 aliphatic carbocycles. The molecule has 0 radical (unpaired) electrons. The molecule has 0 saturated carbocycles. The molecule has 5 nitrogen and oxygen atoms in total. The summed E-state index contributed by atoms with van der Waals surface area (Å²) < 4.78 is 4.58. The van der Waals surface area contributed by atoms with Gasteiger partial charge in [0.1, 0.15) is 0 Å². The van der Waals surface area contributed by atoms with Crippen LogP contribution in [0.3, 0.4) is 0 Å². The maximum absolute atomic E-state index is 9.42. The van der Waals surface area contributed by atoms with Crippen molar-refractivity contribution in [3.8, 4) is 0 Å². The molecule has 0 saturated heterocycles. The average Bonchev–Trinajstić information content (AvgIpc) is 2.14. The second-order valence-electron chi connectivity index (χ2n) is 3.06. The van der Waals surface area contributed by atoms with E-state index in [1.165, 1.54) is 7.11 Å². The molecule has 4 atom stereocenters. The van der Waals surface area contributed by atoms with Gasteiger partial charge in [-0.3, -0.25) is 0 Å². The van der Waals surface area contributed by atoms with Gasteiger partial charge < -0.3 is 25.2 Å². The maximum Gasteiger partial charge on any atom is 0.159 e. The Kier molecular flexibility index (Phi) is 6.19. The summed E-state index contributed by atoms with van der Waals surface area (Å²) in [6.45, 7) is 1.35. The Bertz CT molecular complexity index is 130. The van der Waals surface area contributed by atoms with Gasteiger partial charge in [0.25, 0.3) is 0 Å². The van der Waals surface area contributed by atoms with Crippen molar-refractivity contribution in [1.82, 2.24) is 0 Å². The molecular formula is C8H18O5. The first-order valence-electron chi connectivity index (χ1n) is 4.22. The van der Waals surface area contributed by atoms with Crippen molar-refractivity contribution in [3.63, 3.8) is 0 Å². The summed E-state index contributed by atoms with van der Waals surface area (Å²) in [6.07, 6.45) is -3.16. The lowest BCUT2D eigenvalue weighted by Crippen LogP contribution is -2.39. The highest BCUT2D eigenvalue weighted by Gasteiger charge is 2.27. The zero-order chi connectivity index (χ0) is 10.4. The largest absolute Gasteiger partial charge is 0.396 e. The molecule has 0 aromatic heterocycles. The van der Waals surface area contributed by atoms with Crippen LogP contribution in [0.2, 0.25) is 0 Å². The van der Waals surface area contributed by atoms with Crippen LogP contribution in [0.15, 0.2) is 0 Å². The lowest BCUT2D eigenvalue weighted by Gasteiger charge is -2.26. The molecule has 5 heteroatoms. The van der Waals surface area contributed by atoms with Crippen molar-refractivity contribution in [2.45, 2.75) is 31.8 Å². The topological polar surface area (TPSA) is 90.2 Å². The number of ether oxygens (including phenoxy) is 1. The molecule has 0 rings (SSSR count). The zero-order valence-corrected chi connectivity index (χ0v) is 7.92. The van der Waals surface area contributed by atoms with Crippen molar-refractivity contribution in [2.75, 3.05) is 13.7 Å². The fraction of sp³-hybridized carbons (Fsp3) is 1.00. The van der Waals surface area contributed by atoms with Gasteiger partial charge in [-0.15, -0.1) is 0 Å². The van der Waals surface area contributed by atoms with E-state index >= 15 is 0 Å². The molecule has 0 aromatic rings. The summed E-state index contributed by atoms with van der Waals surface area (Å²) in [5.74, 6) is -0.591. The fourth-order valence-electron chi connectivity index (χ4n) is 1.04. The molecule has 0 aliphatic rings. The predicted octanol–water partition coefficient (Wildman–Crippen LogP) is -1.31. The highest BCUT2D eigenvalue weighted by Crippen LogP contribution is 2.14. The third-order valence-corrected chi connectivity index (χ3v) is 2.05. The van der Waals surface area contributed by atoms with Crippen LogP contribution < -0.4 is 0 Å². The molecule has 4 N–H and O–H groups in total. The number of aliphatic hydroxyl groups is 4. The minimum Gasteiger partial charge on any atom is -0.396 e. The molecule has 0 aromatic carbocycles.